The van der Waals surface area contributed by atoms with Crippen LogP contribution >= 0.6 is 11.6 Å². The van der Waals surface area contributed by atoms with Crippen LogP contribution in [0.15, 0.2) is 67.0 Å². The number of nitrogens with one attached hydrogen (secondary N) is 1. The molecule has 2 heterocycles. The molecule has 0 radical (unpaired) electrons. The number of benzene rings is 2. The first-order valence-electron chi connectivity index (χ1n) is 9.99. The Morgan fingerprint density at radius 2 is 1.80 bits per heavy atom. The topological polar surface area (TPSA) is 67.4 Å². The van der Waals surface area contributed by atoms with E-state index in [-0.39, 0.29) is 11.8 Å². The van der Waals surface area contributed by atoms with Crippen LogP contribution in [0.3, 0.4) is 0 Å². The van der Waals surface area contributed by atoms with Gasteiger partial charge in [0.25, 0.3) is 0 Å². The van der Waals surface area contributed by atoms with Gasteiger partial charge in [0, 0.05) is 36.6 Å². The van der Waals surface area contributed by atoms with Crippen molar-refractivity contribution >= 4 is 23.3 Å². The van der Waals surface area contributed by atoms with Gasteiger partial charge in [-0.05, 0) is 42.7 Å². The fourth-order valence-electron chi connectivity index (χ4n) is 3.47. The maximum atomic E-state index is 12.5. The standard InChI is InChI=1S/C23H23ClN4O2/c24-19-8-6-17(7-9-19)15-25-23(29)18-10-12-28(13-11-18)21-14-22(27-16-26-21)30-20-4-2-1-3-5-20/h1-9,14,16,18H,10-13,15H2,(H,25,29). The molecule has 4 rings (SSSR count). The zero-order valence-corrected chi connectivity index (χ0v) is 17.3. The summed E-state index contributed by atoms with van der Waals surface area (Å²) in [7, 11) is 0. The Kier molecular flexibility index (Phi) is 6.44. The van der Waals surface area contributed by atoms with Crippen LogP contribution in [0.1, 0.15) is 18.4 Å². The van der Waals surface area contributed by atoms with Crippen molar-refractivity contribution in [3.8, 4) is 11.6 Å². The molecule has 1 aliphatic rings. The quantitative estimate of drug-likeness (QED) is 0.635. The van der Waals surface area contributed by atoms with Crippen molar-refractivity contribution in [2.75, 3.05) is 18.0 Å². The lowest BCUT2D eigenvalue weighted by Gasteiger charge is -2.32. The van der Waals surface area contributed by atoms with Gasteiger partial charge < -0.3 is 15.0 Å². The van der Waals surface area contributed by atoms with E-state index in [4.69, 9.17) is 16.3 Å². The fraction of sp³-hybridized carbons (Fsp3) is 0.261. The predicted octanol–water partition coefficient (Wildman–Crippen LogP) is 4.46. The van der Waals surface area contributed by atoms with E-state index in [9.17, 15) is 4.79 Å². The SMILES string of the molecule is O=C(NCc1ccc(Cl)cc1)C1CCN(c2cc(Oc3ccccc3)ncn2)CC1. The average Bonchev–Trinajstić information content (AvgIpc) is 2.79. The average molecular weight is 423 g/mol. The molecule has 3 aromatic rings. The second-order valence-corrected chi connectivity index (χ2v) is 7.67. The number of rotatable bonds is 6. The number of nitrogens with zero attached hydrogens (tertiary/aromatic N) is 3. The number of amides is 1. The number of halogens is 1. The first-order valence-corrected chi connectivity index (χ1v) is 10.4. The molecule has 154 valence electrons. The lowest BCUT2D eigenvalue weighted by Crippen LogP contribution is -2.40. The molecule has 0 bridgehead atoms. The molecule has 1 saturated heterocycles. The minimum atomic E-state index is 0.00965. The summed E-state index contributed by atoms with van der Waals surface area (Å²) in [4.78, 5) is 23.3. The van der Waals surface area contributed by atoms with E-state index in [0.717, 1.165) is 43.1 Å². The highest BCUT2D eigenvalue weighted by Crippen LogP contribution is 2.26. The highest BCUT2D eigenvalue weighted by atomic mass is 35.5. The smallest absolute Gasteiger partial charge is 0.224 e. The molecular formula is C23H23ClN4O2. The monoisotopic (exact) mass is 422 g/mol. The van der Waals surface area contributed by atoms with E-state index >= 15 is 0 Å². The van der Waals surface area contributed by atoms with Crippen molar-refractivity contribution in [2.24, 2.45) is 5.92 Å². The molecule has 30 heavy (non-hydrogen) atoms. The summed E-state index contributed by atoms with van der Waals surface area (Å²) in [5, 5.41) is 3.73. The van der Waals surface area contributed by atoms with Gasteiger partial charge in [-0.15, -0.1) is 0 Å². The molecule has 7 heteroatoms. The molecule has 1 N–H and O–H groups in total. The Morgan fingerprint density at radius 3 is 2.53 bits per heavy atom. The summed E-state index contributed by atoms with van der Waals surface area (Å²) in [6, 6.07) is 18.9. The molecule has 2 aromatic carbocycles. The molecule has 1 aromatic heterocycles. The second kappa shape index (κ2) is 9.59. The van der Waals surface area contributed by atoms with Crippen LogP contribution in [-0.4, -0.2) is 29.0 Å². The zero-order chi connectivity index (χ0) is 20.8. The Bertz CT molecular complexity index is 974. The maximum absolute atomic E-state index is 12.5. The summed E-state index contributed by atoms with van der Waals surface area (Å²) in [6.07, 6.45) is 3.08. The molecule has 1 aliphatic heterocycles. The van der Waals surface area contributed by atoms with Crippen molar-refractivity contribution in [3.63, 3.8) is 0 Å². The summed E-state index contributed by atoms with van der Waals surface area (Å²) >= 11 is 5.90. The number of carbonyl (C=O) groups is 1. The van der Waals surface area contributed by atoms with Gasteiger partial charge in [-0.2, -0.15) is 0 Å². The van der Waals surface area contributed by atoms with Crippen LogP contribution in [0.5, 0.6) is 11.6 Å². The lowest BCUT2D eigenvalue weighted by atomic mass is 9.96. The molecule has 0 spiro atoms. The maximum Gasteiger partial charge on any atom is 0.224 e. The third kappa shape index (κ3) is 5.27. The Morgan fingerprint density at radius 1 is 1.07 bits per heavy atom. The van der Waals surface area contributed by atoms with Crippen molar-refractivity contribution in [1.82, 2.24) is 15.3 Å². The summed E-state index contributed by atoms with van der Waals surface area (Å²) in [6.45, 7) is 2.05. The van der Waals surface area contributed by atoms with Gasteiger partial charge in [-0.3, -0.25) is 4.79 Å². The van der Waals surface area contributed by atoms with Gasteiger partial charge in [-0.25, -0.2) is 9.97 Å². The van der Waals surface area contributed by atoms with Crippen molar-refractivity contribution in [2.45, 2.75) is 19.4 Å². The summed E-state index contributed by atoms with van der Waals surface area (Å²) < 4.78 is 5.80. The van der Waals surface area contributed by atoms with Crippen LogP contribution in [-0.2, 0) is 11.3 Å². The Balaban J connectivity index is 1.29. The number of anilines is 1. The highest BCUT2D eigenvalue weighted by Gasteiger charge is 2.25. The Labute approximate surface area is 180 Å². The number of para-hydroxylation sites is 1. The third-order valence-electron chi connectivity index (χ3n) is 5.16. The summed E-state index contributed by atoms with van der Waals surface area (Å²) in [5.74, 6) is 2.17. The van der Waals surface area contributed by atoms with Crippen molar-refractivity contribution in [1.29, 1.82) is 0 Å². The molecule has 1 amide bonds. The molecule has 0 saturated carbocycles. The highest BCUT2D eigenvalue weighted by molar-refractivity contribution is 6.30. The first kappa shape index (κ1) is 20.2. The van der Waals surface area contributed by atoms with Gasteiger partial charge in [-0.1, -0.05) is 41.9 Å². The van der Waals surface area contributed by atoms with Gasteiger partial charge in [0.2, 0.25) is 11.8 Å². The molecule has 6 nitrogen and oxygen atoms in total. The summed E-state index contributed by atoms with van der Waals surface area (Å²) in [5.41, 5.74) is 1.04. The molecular weight excluding hydrogens is 400 g/mol. The van der Waals surface area contributed by atoms with Crippen LogP contribution in [0.4, 0.5) is 5.82 Å². The van der Waals surface area contributed by atoms with E-state index in [1.54, 1.807) is 0 Å². The minimum Gasteiger partial charge on any atom is -0.439 e. The number of carbonyl (C=O) groups excluding carboxylic acids is 1. The van der Waals surface area contributed by atoms with Gasteiger partial charge in [0.1, 0.15) is 17.9 Å². The largest absolute Gasteiger partial charge is 0.439 e. The van der Waals surface area contributed by atoms with Gasteiger partial charge in [0.15, 0.2) is 0 Å². The number of aromatic nitrogens is 2. The normalized spacial score (nSPS) is 14.4. The van der Waals surface area contributed by atoms with Crippen molar-refractivity contribution < 1.29 is 9.53 Å². The van der Waals surface area contributed by atoms with E-state index < -0.39 is 0 Å². The van der Waals surface area contributed by atoms with Crippen LogP contribution in [0.2, 0.25) is 5.02 Å². The number of hydrogen-bond donors (Lipinski definition) is 1. The zero-order valence-electron chi connectivity index (χ0n) is 16.5. The van der Waals surface area contributed by atoms with Crippen LogP contribution in [0.25, 0.3) is 0 Å². The fourth-order valence-corrected chi connectivity index (χ4v) is 3.60. The van der Waals surface area contributed by atoms with E-state index in [1.165, 1.54) is 6.33 Å². The molecule has 1 fully saturated rings. The van der Waals surface area contributed by atoms with E-state index in [0.29, 0.717) is 17.4 Å². The minimum absolute atomic E-state index is 0.00965. The van der Waals surface area contributed by atoms with Gasteiger partial charge >= 0.3 is 0 Å². The Hall–Kier alpha value is -3.12. The first-order chi connectivity index (χ1) is 14.7. The molecule has 0 atom stereocenters. The van der Waals surface area contributed by atoms with E-state index in [1.807, 2.05) is 60.7 Å². The lowest BCUT2D eigenvalue weighted by molar-refractivity contribution is -0.125. The second-order valence-electron chi connectivity index (χ2n) is 7.24. The van der Waals surface area contributed by atoms with Crippen LogP contribution in [0, 0.1) is 5.92 Å². The molecule has 0 unspecified atom stereocenters. The van der Waals surface area contributed by atoms with Crippen molar-refractivity contribution in [3.05, 3.63) is 77.6 Å². The number of piperidine rings is 1. The predicted molar refractivity (Wildman–Crippen MR) is 117 cm³/mol. The number of hydrogen-bond acceptors (Lipinski definition) is 5. The van der Waals surface area contributed by atoms with Crippen LogP contribution < -0.4 is 15.0 Å². The van der Waals surface area contributed by atoms with E-state index in [2.05, 4.69) is 20.2 Å². The van der Waals surface area contributed by atoms with Gasteiger partial charge in [0.05, 0.1) is 0 Å². The number of ether oxygens (including phenoxy) is 1. The third-order valence-corrected chi connectivity index (χ3v) is 5.41. The molecule has 0 aliphatic carbocycles.